The molecule has 0 aliphatic rings. The summed E-state index contributed by atoms with van der Waals surface area (Å²) in [6.07, 6.45) is 0. The zero-order chi connectivity index (χ0) is 19.3. The molecule has 136 valence electrons. The number of ether oxygens (including phenoxy) is 1. The molecule has 2 rings (SSSR count). The van der Waals surface area contributed by atoms with Gasteiger partial charge in [0.15, 0.2) is 18.2 Å². The molecule has 0 heterocycles. The van der Waals surface area contributed by atoms with Crippen LogP contribution in [-0.2, 0) is 9.53 Å². The lowest BCUT2D eigenvalue weighted by atomic mass is 10.2. The molecule has 0 aliphatic carbocycles. The Kier molecular flexibility index (Phi) is 6.24. The summed E-state index contributed by atoms with van der Waals surface area (Å²) < 4.78 is 30.9. The largest absolute Gasteiger partial charge is 0.452 e. The molecule has 0 saturated carbocycles. The fourth-order valence-electron chi connectivity index (χ4n) is 1.93. The van der Waals surface area contributed by atoms with Crippen LogP contribution in [-0.4, -0.2) is 31.4 Å². The van der Waals surface area contributed by atoms with Gasteiger partial charge in [-0.3, -0.25) is 9.59 Å². The molecule has 26 heavy (non-hydrogen) atoms. The van der Waals surface area contributed by atoms with E-state index in [0.29, 0.717) is 23.4 Å². The number of hydrogen-bond donors (Lipinski definition) is 2. The molecule has 0 saturated heterocycles. The second-order valence-electron chi connectivity index (χ2n) is 5.03. The highest BCUT2D eigenvalue weighted by Gasteiger charge is 2.17. The van der Waals surface area contributed by atoms with Gasteiger partial charge in [0.05, 0.1) is 10.6 Å². The highest BCUT2D eigenvalue weighted by Crippen LogP contribution is 2.20. The number of carbonyl (C=O) groups is 3. The molecule has 0 spiro atoms. The van der Waals surface area contributed by atoms with Gasteiger partial charge in [0.1, 0.15) is 0 Å². The number of rotatable bonds is 5. The molecule has 0 fully saturated rings. The molecule has 6 nitrogen and oxygen atoms in total. The third kappa shape index (κ3) is 4.76. The van der Waals surface area contributed by atoms with E-state index in [4.69, 9.17) is 16.3 Å². The van der Waals surface area contributed by atoms with Crippen LogP contribution in [0.5, 0.6) is 0 Å². The van der Waals surface area contributed by atoms with Crippen molar-refractivity contribution in [1.29, 1.82) is 0 Å². The predicted octanol–water partition coefficient (Wildman–Crippen LogP) is 2.77. The van der Waals surface area contributed by atoms with Gasteiger partial charge >= 0.3 is 5.97 Å². The highest BCUT2D eigenvalue weighted by molar-refractivity contribution is 6.33. The molecular formula is C17H13ClF2N2O4. The van der Waals surface area contributed by atoms with E-state index in [1.165, 1.54) is 31.3 Å². The average Bonchev–Trinajstić information content (AvgIpc) is 2.62. The Bertz CT molecular complexity index is 857. The van der Waals surface area contributed by atoms with Crippen LogP contribution in [0, 0.1) is 11.6 Å². The Morgan fingerprint density at radius 1 is 1.08 bits per heavy atom. The van der Waals surface area contributed by atoms with Gasteiger partial charge in [0, 0.05) is 18.3 Å². The summed E-state index contributed by atoms with van der Waals surface area (Å²) in [4.78, 5) is 35.0. The first-order valence-corrected chi connectivity index (χ1v) is 7.63. The van der Waals surface area contributed by atoms with Crippen molar-refractivity contribution in [3.63, 3.8) is 0 Å². The molecular weight excluding hydrogens is 370 g/mol. The van der Waals surface area contributed by atoms with Gasteiger partial charge in [-0.25, -0.2) is 13.6 Å². The first-order chi connectivity index (χ1) is 12.3. The predicted molar refractivity (Wildman–Crippen MR) is 90.1 cm³/mol. The quantitative estimate of drug-likeness (QED) is 0.615. The van der Waals surface area contributed by atoms with Gasteiger partial charge in [0.2, 0.25) is 0 Å². The maximum absolute atomic E-state index is 13.2. The van der Waals surface area contributed by atoms with Crippen molar-refractivity contribution >= 4 is 35.1 Å². The number of benzene rings is 2. The van der Waals surface area contributed by atoms with Crippen LogP contribution in [0.4, 0.5) is 14.5 Å². The van der Waals surface area contributed by atoms with Gasteiger partial charge in [-0.2, -0.15) is 0 Å². The minimum Gasteiger partial charge on any atom is -0.452 e. The second-order valence-corrected chi connectivity index (χ2v) is 5.43. The van der Waals surface area contributed by atoms with Gasteiger partial charge in [0.25, 0.3) is 11.8 Å². The van der Waals surface area contributed by atoms with Crippen LogP contribution in [0.2, 0.25) is 5.02 Å². The Morgan fingerprint density at radius 3 is 2.31 bits per heavy atom. The number of amides is 2. The molecule has 2 aromatic carbocycles. The zero-order valence-electron chi connectivity index (χ0n) is 13.4. The van der Waals surface area contributed by atoms with E-state index in [0.717, 1.165) is 0 Å². The lowest BCUT2D eigenvalue weighted by molar-refractivity contribution is -0.119. The number of hydrogen-bond acceptors (Lipinski definition) is 4. The fraction of sp³-hybridized carbons (Fsp3) is 0.118. The van der Waals surface area contributed by atoms with Crippen molar-refractivity contribution in [1.82, 2.24) is 5.32 Å². The van der Waals surface area contributed by atoms with Crippen LogP contribution in [0.3, 0.4) is 0 Å². The smallest absolute Gasteiger partial charge is 0.340 e. The van der Waals surface area contributed by atoms with E-state index in [1.807, 2.05) is 0 Å². The zero-order valence-corrected chi connectivity index (χ0v) is 14.2. The maximum atomic E-state index is 13.2. The first kappa shape index (κ1) is 19.3. The summed E-state index contributed by atoms with van der Waals surface area (Å²) in [6, 6.07) is 7.23. The fourth-order valence-corrected chi connectivity index (χ4v) is 2.16. The van der Waals surface area contributed by atoms with Crippen molar-refractivity contribution in [2.75, 3.05) is 19.0 Å². The summed E-state index contributed by atoms with van der Waals surface area (Å²) in [5.41, 5.74) is 0.391. The number of carbonyl (C=O) groups excluding carboxylic acids is 3. The Balaban J connectivity index is 1.93. The van der Waals surface area contributed by atoms with Crippen molar-refractivity contribution in [3.05, 3.63) is 64.2 Å². The van der Waals surface area contributed by atoms with E-state index in [2.05, 4.69) is 10.6 Å². The van der Waals surface area contributed by atoms with Crippen LogP contribution in [0.1, 0.15) is 20.7 Å². The first-order valence-electron chi connectivity index (χ1n) is 7.25. The topological polar surface area (TPSA) is 84.5 Å². The average molecular weight is 383 g/mol. The number of nitrogens with one attached hydrogen (secondary N) is 2. The van der Waals surface area contributed by atoms with Gasteiger partial charge < -0.3 is 15.4 Å². The summed E-state index contributed by atoms with van der Waals surface area (Å²) >= 11 is 5.65. The molecule has 2 amide bonds. The summed E-state index contributed by atoms with van der Waals surface area (Å²) in [5.74, 6) is -4.48. The molecule has 0 radical (unpaired) electrons. The normalized spacial score (nSPS) is 10.2. The van der Waals surface area contributed by atoms with Crippen molar-refractivity contribution in [2.24, 2.45) is 0 Å². The highest BCUT2D eigenvalue weighted by atomic mass is 35.5. The van der Waals surface area contributed by atoms with Crippen molar-refractivity contribution < 1.29 is 27.9 Å². The van der Waals surface area contributed by atoms with E-state index in [9.17, 15) is 23.2 Å². The second kappa shape index (κ2) is 8.39. The number of esters is 1. The monoisotopic (exact) mass is 382 g/mol. The molecule has 0 aromatic heterocycles. The van der Waals surface area contributed by atoms with Gasteiger partial charge in [-0.1, -0.05) is 11.6 Å². The van der Waals surface area contributed by atoms with Crippen LogP contribution in [0.25, 0.3) is 0 Å². The molecule has 0 unspecified atom stereocenters. The van der Waals surface area contributed by atoms with Gasteiger partial charge in [-0.15, -0.1) is 0 Å². The third-order valence-electron chi connectivity index (χ3n) is 3.22. The van der Waals surface area contributed by atoms with Crippen molar-refractivity contribution in [2.45, 2.75) is 0 Å². The number of halogens is 3. The van der Waals surface area contributed by atoms with E-state index >= 15 is 0 Å². The van der Waals surface area contributed by atoms with Gasteiger partial charge in [-0.05, 0) is 36.4 Å². The molecule has 0 atom stereocenters. The lowest BCUT2D eigenvalue weighted by Gasteiger charge is -2.08. The summed E-state index contributed by atoms with van der Waals surface area (Å²) in [7, 11) is 1.49. The summed E-state index contributed by atoms with van der Waals surface area (Å²) in [5, 5.41) is 4.58. The molecule has 2 aromatic rings. The van der Waals surface area contributed by atoms with Crippen LogP contribution < -0.4 is 10.6 Å². The third-order valence-corrected chi connectivity index (χ3v) is 3.53. The van der Waals surface area contributed by atoms with E-state index in [-0.39, 0.29) is 10.9 Å². The van der Waals surface area contributed by atoms with Crippen molar-refractivity contribution in [3.8, 4) is 0 Å². The lowest BCUT2D eigenvalue weighted by Crippen LogP contribution is -2.21. The Labute approximate surface area is 152 Å². The van der Waals surface area contributed by atoms with E-state index < -0.39 is 35.7 Å². The van der Waals surface area contributed by atoms with Crippen LogP contribution in [0.15, 0.2) is 36.4 Å². The number of anilines is 1. The molecule has 9 heteroatoms. The Hall–Kier alpha value is -3.00. The maximum Gasteiger partial charge on any atom is 0.340 e. The Morgan fingerprint density at radius 2 is 1.69 bits per heavy atom. The minimum absolute atomic E-state index is 0.278. The van der Waals surface area contributed by atoms with E-state index in [1.54, 1.807) is 0 Å². The standard InChI is InChI=1S/C17H13ClF2N2O4/c1-21-16(24)9-2-4-10(5-3-9)22-15(23)8-26-17(25)11-6-13(19)14(20)7-12(11)18/h2-7H,8H2,1H3,(H,21,24)(H,22,23). The molecule has 0 bridgehead atoms. The molecule has 0 aliphatic heterocycles. The SMILES string of the molecule is CNC(=O)c1ccc(NC(=O)COC(=O)c2cc(F)c(F)cc2Cl)cc1. The minimum atomic E-state index is -1.26. The summed E-state index contributed by atoms with van der Waals surface area (Å²) in [6.45, 7) is -0.661. The molecule has 2 N–H and O–H groups in total. The van der Waals surface area contributed by atoms with Crippen LogP contribution >= 0.6 is 11.6 Å².